The molecule has 0 unspecified atom stereocenters. The van der Waals surface area contributed by atoms with E-state index in [9.17, 15) is 4.79 Å². The molecule has 0 spiro atoms. The fourth-order valence-electron chi connectivity index (χ4n) is 2.12. The number of rotatable bonds is 6. The van der Waals surface area contributed by atoms with E-state index >= 15 is 0 Å². The van der Waals surface area contributed by atoms with Crippen molar-refractivity contribution in [3.8, 4) is 6.07 Å². The Morgan fingerprint density at radius 1 is 1.30 bits per heavy atom. The highest BCUT2D eigenvalue weighted by atomic mass is 16.1. The molecule has 0 aliphatic carbocycles. The summed E-state index contributed by atoms with van der Waals surface area (Å²) >= 11 is 0. The van der Waals surface area contributed by atoms with E-state index in [0.717, 1.165) is 25.1 Å². The van der Waals surface area contributed by atoms with Gasteiger partial charge < -0.3 is 10.2 Å². The van der Waals surface area contributed by atoms with Crippen molar-refractivity contribution in [2.45, 2.75) is 19.8 Å². The normalized spacial score (nSPS) is 9.96. The second-order valence-corrected chi connectivity index (χ2v) is 5.35. The smallest absolute Gasteiger partial charge is 0.257 e. The van der Waals surface area contributed by atoms with Crippen LogP contribution in [0.3, 0.4) is 0 Å². The number of pyridine rings is 1. The lowest BCUT2D eigenvalue weighted by Gasteiger charge is -2.19. The molecule has 0 radical (unpaired) electrons. The fraction of sp³-hybridized carbons (Fsp3) is 0.278. The van der Waals surface area contributed by atoms with Crippen LogP contribution in [0.5, 0.6) is 0 Å². The summed E-state index contributed by atoms with van der Waals surface area (Å²) in [6.45, 7) is 3.08. The van der Waals surface area contributed by atoms with Crippen LogP contribution in [0.15, 0.2) is 42.7 Å². The molecule has 2 rings (SSSR count). The van der Waals surface area contributed by atoms with Crippen LogP contribution < -0.4 is 10.2 Å². The van der Waals surface area contributed by atoms with Gasteiger partial charge in [-0.1, -0.05) is 13.3 Å². The van der Waals surface area contributed by atoms with Gasteiger partial charge in [-0.3, -0.25) is 9.78 Å². The number of unbranched alkanes of at least 4 members (excludes halogenated alkanes) is 1. The predicted molar refractivity (Wildman–Crippen MR) is 91.5 cm³/mol. The van der Waals surface area contributed by atoms with Gasteiger partial charge in [-0.25, -0.2) is 0 Å². The van der Waals surface area contributed by atoms with Crippen molar-refractivity contribution in [3.05, 3.63) is 53.9 Å². The molecule has 1 N–H and O–H groups in total. The van der Waals surface area contributed by atoms with Crippen LogP contribution in [-0.4, -0.2) is 24.5 Å². The Hall–Kier alpha value is -2.87. The summed E-state index contributed by atoms with van der Waals surface area (Å²) in [7, 11) is 2.00. The lowest BCUT2D eigenvalue weighted by Crippen LogP contribution is -2.19. The molecule has 0 fully saturated rings. The van der Waals surface area contributed by atoms with Gasteiger partial charge in [0, 0.05) is 25.5 Å². The maximum atomic E-state index is 12.3. The van der Waals surface area contributed by atoms with E-state index < -0.39 is 0 Å². The van der Waals surface area contributed by atoms with E-state index in [1.165, 1.54) is 0 Å². The van der Waals surface area contributed by atoms with Gasteiger partial charge in [-0.15, -0.1) is 0 Å². The molecule has 118 valence electrons. The van der Waals surface area contributed by atoms with E-state index in [1.807, 2.05) is 19.2 Å². The zero-order chi connectivity index (χ0) is 16.7. The molecule has 1 heterocycles. The number of nitrogens with one attached hydrogen (secondary N) is 1. The van der Waals surface area contributed by atoms with Gasteiger partial charge in [0.1, 0.15) is 0 Å². The molecule has 0 saturated carbocycles. The van der Waals surface area contributed by atoms with Crippen molar-refractivity contribution in [1.29, 1.82) is 5.26 Å². The molecule has 23 heavy (non-hydrogen) atoms. The molecule has 0 bridgehead atoms. The highest BCUT2D eigenvalue weighted by Gasteiger charge is 2.09. The van der Waals surface area contributed by atoms with Crippen molar-refractivity contribution in [3.63, 3.8) is 0 Å². The second kappa shape index (κ2) is 7.95. The van der Waals surface area contributed by atoms with Crippen LogP contribution in [0.1, 0.15) is 35.7 Å². The third-order valence-corrected chi connectivity index (χ3v) is 3.55. The van der Waals surface area contributed by atoms with E-state index in [-0.39, 0.29) is 5.91 Å². The topological polar surface area (TPSA) is 69.0 Å². The summed E-state index contributed by atoms with van der Waals surface area (Å²) < 4.78 is 0. The Kier molecular flexibility index (Phi) is 5.70. The zero-order valence-electron chi connectivity index (χ0n) is 13.4. The number of hydrogen-bond acceptors (Lipinski definition) is 4. The average molecular weight is 308 g/mol. The molecule has 1 aromatic heterocycles. The fourth-order valence-corrected chi connectivity index (χ4v) is 2.12. The third-order valence-electron chi connectivity index (χ3n) is 3.55. The summed E-state index contributed by atoms with van der Waals surface area (Å²) in [6, 6.07) is 10.6. The monoisotopic (exact) mass is 308 g/mol. The number of nitrogens with zero attached hydrogens (tertiary/aromatic N) is 3. The number of carbonyl (C=O) groups excluding carboxylic acids is 1. The minimum absolute atomic E-state index is 0.215. The Balaban J connectivity index is 2.08. The first-order valence-corrected chi connectivity index (χ1v) is 7.61. The van der Waals surface area contributed by atoms with E-state index in [0.29, 0.717) is 16.8 Å². The Morgan fingerprint density at radius 3 is 2.70 bits per heavy atom. The number of aromatic nitrogens is 1. The van der Waals surface area contributed by atoms with Gasteiger partial charge in [0.05, 0.1) is 29.1 Å². The number of nitriles is 1. The number of amides is 1. The number of hydrogen-bond donors (Lipinski definition) is 1. The molecule has 5 heteroatoms. The first-order chi connectivity index (χ1) is 11.1. The summed E-state index contributed by atoms with van der Waals surface area (Å²) in [5.41, 5.74) is 2.64. The van der Waals surface area contributed by atoms with Gasteiger partial charge in [0.15, 0.2) is 0 Å². The van der Waals surface area contributed by atoms with Crippen LogP contribution in [-0.2, 0) is 0 Å². The van der Waals surface area contributed by atoms with Gasteiger partial charge in [0.2, 0.25) is 0 Å². The average Bonchev–Trinajstić information content (AvgIpc) is 2.60. The quantitative estimate of drug-likeness (QED) is 0.887. The summed E-state index contributed by atoms with van der Waals surface area (Å²) in [5.74, 6) is -0.215. The predicted octanol–water partition coefficient (Wildman–Crippen LogP) is 3.44. The molecule has 0 aliphatic heterocycles. The van der Waals surface area contributed by atoms with E-state index in [4.69, 9.17) is 5.26 Å². The van der Waals surface area contributed by atoms with Crippen LogP contribution >= 0.6 is 0 Å². The first-order valence-electron chi connectivity index (χ1n) is 7.61. The summed E-state index contributed by atoms with van der Waals surface area (Å²) in [4.78, 5) is 18.6. The van der Waals surface area contributed by atoms with Crippen molar-refractivity contribution in [1.82, 2.24) is 4.98 Å². The molecule has 0 saturated heterocycles. The van der Waals surface area contributed by atoms with Crippen molar-refractivity contribution < 1.29 is 4.79 Å². The molecular formula is C18H20N4O. The Labute approximate surface area is 136 Å². The highest BCUT2D eigenvalue weighted by molar-refractivity contribution is 6.04. The van der Waals surface area contributed by atoms with Crippen LogP contribution in [0.25, 0.3) is 0 Å². The maximum Gasteiger partial charge on any atom is 0.257 e. The molecule has 0 aliphatic rings. The second-order valence-electron chi connectivity index (χ2n) is 5.35. The van der Waals surface area contributed by atoms with E-state index in [1.54, 1.807) is 36.7 Å². The number of benzene rings is 1. The van der Waals surface area contributed by atoms with Crippen molar-refractivity contribution >= 4 is 17.3 Å². The maximum absolute atomic E-state index is 12.3. The van der Waals surface area contributed by atoms with Crippen LogP contribution in [0, 0.1) is 11.3 Å². The molecule has 1 amide bonds. The van der Waals surface area contributed by atoms with Crippen molar-refractivity contribution in [2.24, 2.45) is 0 Å². The number of anilines is 2. The molecule has 0 atom stereocenters. The highest BCUT2D eigenvalue weighted by Crippen LogP contribution is 2.16. The molecular weight excluding hydrogens is 288 g/mol. The summed E-state index contributed by atoms with van der Waals surface area (Å²) in [6.07, 6.45) is 5.53. The van der Waals surface area contributed by atoms with Gasteiger partial charge in [-0.05, 0) is 36.8 Å². The Morgan fingerprint density at radius 2 is 2.04 bits per heavy atom. The lowest BCUT2D eigenvalue weighted by atomic mass is 10.2. The lowest BCUT2D eigenvalue weighted by molar-refractivity contribution is 0.102. The molecule has 2 aromatic rings. The molecule has 5 nitrogen and oxygen atoms in total. The van der Waals surface area contributed by atoms with Crippen LogP contribution in [0.2, 0.25) is 0 Å². The largest absolute Gasteiger partial charge is 0.373 e. The van der Waals surface area contributed by atoms with Gasteiger partial charge >= 0.3 is 0 Å². The minimum atomic E-state index is -0.215. The van der Waals surface area contributed by atoms with Crippen molar-refractivity contribution in [2.75, 3.05) is 23.8 Å². The Bertz CT molecular complexity index is 704. The van der Waals surface area contributed by atoms with Crippen LogP contribution in [0.4, 0.5) is 11.4 Å². The molecule has 1 aromatic carbocycles. The standard InChI is InChI=1S/C18H20N4O/c1-3-4-9-22(2)17-10-15(12-20-13-17)18(23)21-16-7-5-14(11-19)6-8-16/h5-8,10,12-13H,3-4,9H2,1-2H3,(H,21,23). The zero-order valence-corrected chi connectivity index (χ0v) is 13.4. The first kappa shape index (κ1) is 16.5. The SMILES string of the molecule is CCCCN(C)c1cncc(C(=O)Nc2ccc(C#N)cc2)c1. The van der Waals surface area contributed by atoms with E-state index in [2.05, 4.69) is 22.1 Å². The van der Waals surface area contributed by atoms with Gasteiger partial charge in [-0.2, -0.15) is 5.26 Å². The minimum Gasteiger partial charge on any atom is -0.373 e. The number of carbonyl (C=O) groups is 1. The third kappa shape index (κ3) is 4.55. The summed E-state index contributed by atoms with van der Waals surface area (Å²) in [5, 5.41) is 11.6. The van der Waals surface area contributed by atoms with Gasteiger partial charge in [0.25, 0.3) is 5.91 Å².